The Kier molecular flexibility index (Phi) is 5.58. The van der Waals surface area contributed by atoms with Crippen LogP contribution in [0, 0.1) is 5.82 Å². The first-order chi connectivity index (χ1) is 8.77. The molecule has 1 aromatic carbocycles. The van der Waals surface area contributed by atoms with Crippen molar-refractivity contribution in [2.45, 2.75) is 44.0 Å². The SMILES string of the molecule is CCCCC(C)NS(=O)(=O)c1cc(N)cc(Cl)c1F. The molecule has 0 radical (unpaired) electrons. The fourth-order valence-corrected chi connectivity index (χ4v) is 3.37. The van der Waals surface area contributed by atoms with E-state index in [9.17, 15) is 12.8 Å². The molecule has 0 bridgehead atoms. The van der Waals surface area contributed by atoms with Crippen LogP contribution in [0.25, 0.3) is 0 Å². The van der Waals surface area contributed by atoms with Crippen molar-refractivity contribution in [2.24, 2.45) is 0 Å². The van der Waals surface area contributed by atoms with Gasteiger partial charge in [-0.25, -0.2) is 17.5 Å². The van der Waals surface area contributed by atoms with E-state index < -0.39 is 20.7 Å². The molecule has 0 amide bonds. The van der Waals surface area contributed by atoms with E-state index in [2.05, 4.69) is 4.72 Å². The first-order valence-electron chi connectivity index (χ1n) is 6.04. The number of nitrogen functional groups attached to an aromatic ring is 1. The summed E-state index contributed by atoms with van der Waals surface area (Å²) in [6.45, 7) is 3.75. The van der Waals surface area contributed by atoms with Crippen LogP contribution in [0.1, 0.15) is 33.1 Å². The van der Waals surface area contributed by atoms with Gasteiger partial charge in [-0.05, 0) is 25.5 Å². The molecular formula is C12H18ClFN2O2S. The van der Waals surface area contributed by atoms with Gasteiger partial charge in [-0.1, -0.05) is 31.4 Å². The predicted octanol–water partition coefficient (Wildman–Crippen LogP) is 2.92. The normalized spacial score (nSPS) is 13.5. The average Bonchev–Trinajstić information content (AvgIpc) is 2.30. The van der Waals surface area contributed by atoms with Gasteiger partial charge in [0, 0.05) is 11.7 Å². The molecule has 0 saturated heterocycles. The predicted molar refractivity (Wildman–Crippen MR) is 75.1 cm³/mol. The molecule has 3 N–H and O–H groups in total. The molecule has 0 fully saturated rings. The third-order valence-corrected chi connectivity index (χ3v) is 4.52. The standard InChI is InChI=1S/C12H18ClFN2O2S/c1-3-4-5-8(2)16-19(17,18)11-7-9(15)6-10(13)12(11)14/h6-8,16H,3-5,15H2,1-2H3. The van der Waals surface area contributed by atoms with Crippen LogP contribution >= 0.6 is 11.6 Å². The fourth-order valence-electron chi connectivity index (χ4n) is 1.68. The van der Waals surface area contributed by atoms with Crippen molar-refractivity contribution in [2.75, 3.05) is 5.73 Å². The minimum absolute atomic E-state index is 0.105. The van der Waals surface area contributed by atoms with Gasteiger partial charge in [0.25, 0.3) is 0 Å². The summed E-state index contributed by atoms with van der Waals surface area (Å²) in [4.78, 5) is -0.513. The fraction of sp³-hybridized carbons (Fsp3) is 0.500. The Morgan fingerprint density at radius 2 is 2.11 bits per heavy atom. The second kappa shape index (κ2) is 6.54. The first-order valence-corrected chi connectivity index (χ1v) is 7.91. The Morgan fingerprint density at radius 1 is 1.47 bits per heavy atom. The highest BCUT2D eigenvalue weighted by Crippen LogP contribution is 2.25. The molecule has 0 saturated carbocycles. The van der Waals surface area contributed by atoms with E-state index in [4.69, 9.17) is 17.3 Å². The zero-order chi connectivity index (χ0) is 14.6. The first kappa shape index (κ1) is 16.2. The number of hydrogen-bond donors (Lipinski definition) is 2. The van der Waals surface area contributed by atoms with E-state index >= 15 is 0 Å². The smallest absolute Gasteiger partial charge is 0.243 e. The second-order valence-electron chi connectivity index (χ2n) is 4.48. The number of rotatable bonds is 6. The zero-order valence-electron chi connectivity index (χ0n) is 10.9. The molecule has 1 aromatic rings. The number of halogens is 2. The van der Waals surface area contributed by atoms with Gasteiger partial charge in [0.1, 0.15) is 4.90 Å². The highest BCUT2D eigenvalue weighted by atomic mass is 35.5. The summed E-state index contributed by atoms with van der Waals surface area (Å²) in [5, 5.41) is -0.304. The van der Waals surface area contributed by atoms with Gasteiger partial charge in [-0.3, -0.25) is 0 Å². The molecule has 7 heteroatoms. The molecule has 1 unspecified atom stereocenters. The van der Waals surface area contributed by atoms with Crippen molar-refractivity contribution in [1.82, 2.24) is 4.72 Å². The molecule has 0 aromatic heterocycles. The van der Waals surface area contributed by atoms with Gasteiger partial charge in [-0.15, -0.1) is 0 Å². The van der Waals surface area contributed by atoms with Gasteiger partial charge in [0.15, 0.2) is 5.82 Å². The van der Waals surface area contributed by atoms with Crippen molar-refractivity contribution < 1.29 is 12.8 Å². The lowest BCUT2D eigenvalue weighted by Crippen LogP contribution is -2.33. The minimum Gasteiger partial charge on any atom is -0.399 e. The topological polar surface area (TPSA) is 72.2 Å². The summed E-state index contributed by atoms with van der Waals surface area (Å²) in [5.74, 6) is -0.981. The number of unbranched alkanes of at least 4 members (excludes halogenated alkanes) is 1. The van der Waals surface area contributed by atoms with Gasteiger partial charge in [0.05, 0.1) is 5.02 Å². The number of sulfonamides is 1. The third-order valence-electron chi connectivity index (χ3n) is 2.65. The Balaban J connectivity index is 3.01. The molecule has 1 rings (SSSR count). The summed E-state index contributed by atoms with van der Waals surface area (Å²) in [7, 11) is -3.96. The Hall–Kier alpha value is -0.850. The number of anilines is 1. The number of benzene rings is 1. The van der Waals surface area contributed by atoms with Crippen molar-refractivity contribution in [3.8, 4) is 0 Å². The second-order valence-corrected chi connectivity index (χ2v) is 6.57. The number of nitrogens with two attached hydrogens (primary N) is 1. The minimum atomic E-state index is -3.96. The van der Waals surface area contributed by atoms with Crippen LogP contribution < -0.4 is 10.5 Å². The van der Waals surface area contributed by atoms with Gasteiger partial charge in [-0.2, -0.15) is 0 Å². The lowest BCUT2D eigenvalue weighted by Gasteiger charge is -2.15. The largest absolute Gasteiger partial charge is 0.399 e. The molecule has 1 atom stereocenters. The molecule has 19 heavy (non-hydrogen) atoms. The highest BCUT2D eigenvalue weighted by Gasteiger charge is 2.23. The molecule has 0 aliphatic carbocycles. The van der Waals surface area contributed by atoms with Crippen molar-refractivity contribution in [1.29, 1.82) is 0 Å². The van der Waals surface area contributed by atoms with Crippen LogP contribution in [0.3, 0.4) is 0 Å². The molecule has 0 aliphatic rings. The van der Waals surface area contributed by atoms with Crippen LogP contribution in [0.2, 0.25) is 5.02 Å². The summed E-state index contributed by atoms with van der Waals surface area (Å²) in [5.41, 5.74) is 5.60. The summed E-state index contributed by atoms with van der Waals surface area (Å²) < 4.78 is 40.3. The van der Waals surface area contributed by atoms with Crippen LogP contribution in [-0.4, -0.2) is 14.5 Å². The van der Waals surface area contributed by atoms with E-state index in [1.165, 1.54) is 6.07 Å². The van der Waals surface area contributed by atoms with E-state index in [1.54, 1.807) is 6.92 Å². The van der Waals surface area contributed by atoms with Gasteiger partial charge < -0.3 is 5.73 Å². The Morgan fingerprint density at radius 3 is 2.68 bits per heavy atom. The highest BCUT2D eigenvalue weighted by molar-refractivity contribution is 7.89. The third kappa shape index (κ3) is 4.33. The molecule has 108 valence electrons. The maximum atomic E-state index is 13.8. The molecule has 0 spiro atoms. The van der Waals surface area contributed by atoms with Gasteiger partial charge >= 0.3 is 0 Å². The maximum Gasteiger partial charge on any atom is 0.243 e. The molecule has 0 aliphatic heterocycles. The zero-order valence-corrected chi connectivity index (χ0v) is 12.5. The summed E-state index contributed by atoms with van der Waals surface area (Å²) in [6.07, 6.45) is 2.54. The molecule has 0 heterocycles. The lowest BCUT2D eigenvalue weighted by atomic mass is 10.2. The van der Waals surface area contributed by atoms with Gasteiger partial charge in [0.2, 0.25) is 10.0 Å². The van der Waals surface area contributed by atoms with Crippen LogP contribution in [0.5, 0.6) is 0 Å². The van der Waals surface area contributed by atoms with Crippen LogP contribution in [0.4, 0.5) is 10.1 Å². The summed E-state index contributed by atoms with van der Waals surface area (Å²) >= 11 is 5.60. The maximum absolute atomic E-state index is 13.8. The number of nitrogens with one attached hydrogen (secondary N) is 1. The molecule has 4 nitrogen and oxygen atoms in total. The van der Waals surface area contributed by atoms with E-state index in [0.717, 1.165) is 18.9 Å². The Labute approximate surface area is 118 Å². The Bertz CT molecular complexity index is 549. The number of hydrogen-bond acceptors (Lipinski definition) is 3. The van der Waals surface area contributed by atoms with Crippen molar-refractivity contribution >= 4 is 27.3 Å². The average molecular weight is 309 g/mol. The summed E-state index contributed by atoms with van der Waals surface area (Å²) in [6, 6.07) is 1.97. The monoisotopic (exact) mass is 308 g/mol. The molecular weight excluding hydrogens is 291 g/mol. The van der Waals surface area contributed by atoms with Crippen LogP contribution in [-0.2, 0) is 10.0 Å². The van der Waals surface area contributed by atoms with Crippen molar-refractivity contribution in [3.63, 3.8) is 0 Å². The van der Waals surface area contributed by atoms with E-state index in [-0.39, 0.29) is 16.8 Å². The lowest BCUT2D eigenvalue weighted by molar-refractivity contribution is 0.524. The van der Waals surface area contributed by atoms with Crippen molar-refractivity contribution in [3.05, 3.63) is 23.0 Å². The van der Waals surface area contributed by atoms with E-state index in [1.807, 2.05) is 6.92 Å². The quantitative estimate of drug-likeness (QED) is 0.794. The van der Waals surface area contributed by atoms with Crippen LogP contribution in [0.15, 0.2) is 17.0 Å². The van der Waals surface area contributed by atoms with E-state index in [0.29, 0.717) is 6.42 Å².